The molecule has 0 N–H and O–H groups in total. The molecule has 2 rings (SSSR count). The number of hydrogen-bond donors (Lipinski definition) is 0. The highest BCUT2D eigenvalue weighted by atomic mass is 32.2. The molecule has 0 aliphatic rings. The molecular formula is C24H34N2O5S. The van der Waals surface area contributed by atoms with Crippen molar-refractivity contribution in [3.8, 4) is 0 Å². The van der Waals surface area contributed by atoms with Crippen molar-refractivity contribution in [1.29, 1.82) is 0 Å². The van der Waals surface area contributed by atoms with Gasteiger partial charge in [-0.1, -0.05) is 31.5 Å². The van der Waals surface area contributed by atoms with Crippen LogP contribution < -0.4 is 0 Å². The topological polar surface area (TPSA) is 85.7 Å². The Hall–Kier alpha value is -2.45. The van der Waals surface area contributed by atoms with Gasteiger partial charge in [0, 0.05) is 24.3 Å². The molecule has 0 unspecified atom stereocenters. The van der Waals surface area contributed by atoms with Crippen LogP contribution in [0.25, 0.3) is 0 Å². The number of methoxy groups -OCH3 is 1. The Labute approximate surface area is 191 Å². The van der Waals surface area contributed by atoms with Gasteiger partial charge in [-0.15, -0.1) is 0 Å². The van der Waals surface area contributed by atoms with Gasteiger partial charge in [0.25, 0.3) is 0 Å². The summed E-state index contributed by atoms with van der Waals surface area (Å²) in [6.45, 7) is 11.7. The molecule has 1 aromatic heterocycles. The molecule has 0 aliphatic heterocycles. The van der Waals surface area contributed by atoms with Crippen LogP contribution in [-0.4, -0.2) is 49.2 Å². The number of nitrogens with zero attached hydrogens (tertiary/aromatic N) is 2. The van der Waals surface area contributed by atoms with Crippen LogP contribution in [0.3, 0.4) is 0 Å². The van der Waals surface area contributed by atoms with Crippen LogP contribution >= 0.6 is 0 Å². The summed E-state index contributed by atoms with van der Waals surface area (Å²) in [5.74, 6) is -0.580. The fraction of sp³-hybridized carbons (Fsp3) is 0.500. The molecule has 176 valence electrons. The van der Waals surface area contributed by atoms with Gasteiger partial charge in [0.05, 0.1) is 18.6 Å². The molecule has 0 fully saturated rings. The van der Waals surface area contributed by atoms with E-state index in [0.717, 1.165) is 5.56 Å². The molecule has 0 atom stereocenters. The lowest BCUT2D eigenvalue weighted by molar-refractivity contribution is 0.0587. The Bertz CT molecular complexity index is 1080. The van der Waals surface area contributed by atoms with Gasteiger partial charge in [0.2, 0.25) is 10.0 Å². The zero-order valence-electron chi connectivity index (χ0n) is 20.1. The van der Waals surface area contributed by atoms with Crippen molar-refractivity contribution < 1.29 is 22.7 Å². The van der Waals surface area contributed by atoms with E-state index in [-0.39, 0.29) is 29.7 Å². The number of carbonyl (C=O) groups is 2. The average molecular weight is 463 g/mol. The van der Waals surface area contributed by atoms with E-state index in [4.69, 9.17) is 4.74 Å². The summed E-state index contributed by atoms with van der Waals surface area (Å²) < 4.78 is 34.6. The molecule has 0 saturated heterocycles. The molecule has 0 spiro atoms. The number of ketones is 1. The zero-order valence-corrected chi connectivity index (χ0v) is 20.9. The van der Waals surface area contributed by atoms with E-state index < -0.39 is 16.0 Å². The maximum atomic E-state index is 13.4. The number of Topliss-reactive ketones (excluding diaryl/α,β-unsaturated/α-hetero) is 1. The number of carbonyl (C=O) groups excluding carboxylic acids is 2. The third kappa shape index (κ3) is 5.30. The van der Waals surface area contributed by atoms with E-state index >= 15 is 0 Å². The standard InChI is InChI=1S/C24H34N2O5S/c1-8-26-19(6)22(18(5)23(26)24(28)31-7)21(27)15-25(14-13-16(2)3)32(29,30)20-11-9-17(4)10-12-20/h9-12,16H,8,13-15H2,1-7H3. The minimum absolute atomic E-state index is 0.162. The van der Waals surface area contributed by atoms with Gasteiger partial charge in [-0.25, -0.2) is 13.2 Å². The molecule has 0 saturated carbocycles. The largest absolute Gasteiger partial charge is 0.464 e. The second kappa shape index (κ2) is 10.4. The van der Waals surface area contributed by atoms with Gasteiger partial charge in [-0.2, -0.15) is 4.31 Å². The fourth-order valence-electron chi connectivity index (χ4n) is 3.85. The van der Waals surface area contributed by atoms with Crippen LogP contribution in [0.1, 0.15) is 64.9 Å². The van der Waals surface area contributed by atoms with E-state index in [9.17, 15) is 18.0 Å². The lowest BCUT2D eigenvalue weighted by Gasteiger charge is -2.23. The summed E-state index contributed by atoms with van der Waals surface area (Å²) >= 11 is 0. The summed E-state index contributed by atoms with van der Waals surface area (Å²) in [5, 5.41) is 0. The molecule has 1 heterocycles. The molecule has 0 amide bonds. The van der Waals surface area contributed by atoms with E-state index in [1.165, 1.54) is 11.4 Å². The number of esters is 1. The number of rotatable bonds is 10. The highest BCUT2D eigenvalue weighted by Gasteiger charge is 2.31. The zero-order chi connectivity index (χ0) is 24.2. The molecular weight excluding hydrogens is 428 g/mol. The van der Waals surface area contributed by atoms with Crippen molar-refractivity contribution in [1.82, 2.24) is 8.87 Å². The van der Waals surface area contributed by atoms with E-state index in [1.807, 2.05) is 27.7 Å². The van der Waals surface area contributed by atoms with Crippen LogP contribution in [-0.2, 0) is 21.3 Å². The Morgan fingerprint density at radius 1 is 1.09 bits per heavy atom. The van der Waals surface area contributed by atoms with Crippen LogP contribution in [0, 0.1) is 26.7 Å². The Morgan fingerprint density at radius 2 is 1.69 bits per heavy atom. The van der Waals surface area contributed by atoms with Gasteiger partial charge in [-0.3, -0.25) is 4.79 Å². The molecule has 8 heteroatoms. The summed E-state index contributed by atoms with van der Waals surface area (Å²) in [4.78, 5) is 25.9. The van der Waals surface area contributed by atoms with E-state index in [0.29, 0.717) is 35.5 Å². The van der Waals surface area contributed by atoms with E-state index in [1.54, 1.807) is 42.7 Å². The van der Waals surface area contributed by atoms with Crippen molar-refractivity contribution in [2.45, 2.75) is 59.4 Å². The summed E-state index contributed by atoms with van der Waals surface area (Å²) in [7, 11) is -2.56. The SMILES string of the molecule is CCn1c(C)c(C(=O)CN(CCC(C)C)S(=O)(=O)c2ccc(C)cc2)c(C)c1C(=O)OC. The normalized spacial score (nSPS) is 11.9. The van der Waals surface area contributed by atoms with Crippen LogP contribution in [0.2, 0.25) is 0 Å². The Kier molecular flexibility index (Phi) is 8.42. The predicted octanol–water partition coefficient (Wildman–Crippen LogP) is 4.14. The highest BCUT2D eigenvalue weighted by molar-refractivity contribution is 7.89. The molecule has 0 aliphatic carbocycles. The third-order valence-electron chi connectivity index (χ3n) is 5.68. The first kappa shape index (κ1) is 25.8. The first-order chi connectivity index (χ1) is 14.9. The molecule has 32 heavy (non-hydrogen) atoms. The smallest absolute Gasteiger partial charge is 0.354 e. The van der Waals surface area contributed by atoms with Crippen molar-refractivity contribution in [3.05, 3.63) is 52.3 Å². The minimum Gasteiger partial charge on any atom is -0.464 e. The second-order valence-corrected chi connectivity index (χ2v) is 10.4. The third-order valence-corrected chi connectivity index (χ3v) is 7.53. The number of sulfonamides is 1. The van der Waals surface area contributed by atoms with Crippen LogP contribution in [0.4, 0.5) is 0 Å². The molecule has 2 aromatic rings. The van der Waals surface area contributed by atoms with Gasteiger partial charge >= 0.3 is 5.97 Å². The maximum Gasteiger partial charge on any atom is 0.354 e. The average Bonchev–Trinajstić information content (AvgIpc) is 2.99. The monoisotopic (exact) mass is 462 g/mol. The molecule has 0 bridgehead atoms. The van der Waals surface area contributed by atoms with Gasteiger partial charge in [0.1, 0.15) is 5.69 Å². The first-order valence-electron chi connectivity index (χ1n) is 10.8. The molecule has 1 aromatic carbocycles. The lowest BCUT2D eigenvalue weighted by Crippen LogP contribution is -2.37. The van der Waals surface area contributed by atoms with Gasteiger partial charge in [0.15, 0.2) is 5.78 Å². The fourth-order valence-corrected chi connectivity index (χ4v) is 5.26. The maximum absolute atomic E-state index is 13.4. The summed E-state index contributed by atoms with van der Waals surface area (Å²) in [5.41, 5.74) is 2.80. The Morgan fingerprint density at radius 3 is 2.19 bits per heavy atom. The molecule has 7 nitrogen and oxygen atoms in total. The first-order valence-corrected chi connectivity index (χ1v) is 12.3. The van der Waals surface area contributed by atoms with Gasteiger partial charge < -0.3 is 9.30 Å². The minimum atomic E-state index is -3.86. The molecule has 0 radical (unpaired) electrons. The highest BCUT2D eigenvalue weighted by Crippen LogP contribution is 2.25. The predicted molar refractivity (Wildman–Crippen MR) is 125 cm³/mol. The van der Waals surface area contributed by atoms with Gasteiger partial charge in [-0.05, 0) is 57.7 Å². The summed E-state index contributed by atoms with van der Waals surface area (Å²) in [6.07, 6.45) is 0.625. The van der Waals surface area contributed by atoms with Crippen molar-refractivity contribution in [3.63, 3.8) is 0 Å². The van der Waals surface area contributed by atoms with Crippen molar-refractivity contribution >= 4 is 21.8 Å². The Balaban J connectivity index is 2.48. The van der Waals surface area contributed by atoms with Crippen LogP contribution in [0.5, 0.6) is 0 Å². The van der Waals surface area contributed by atoms with Crippen molar-refractivity contribution in [2.75, 3.05) is 20.2 Å². The lowest BCUT2D eigenvalue weighted by atomic mass is 10.1. The number of aryl methyl sites for hydroxylation is 1. The number of benzene rings is 1. The van der Waals surface area contributed by atoms with Crippen molar-refractivity contribution in [2.24, 2.45) is 5.92 Å². The summed E-state index contributed by atoms with van der Waals surface area (Å²) in [6, 6.07) is 6.62. The van der Waals surface area contributed by atoms with Crippen LogP contribution in [0.15, 0.2) is 29.2 Å². The number of ether oxygens (including phenoxy) is 1. The second-order valence-electron chi connectivity index (χ2n) is 8.43. The number of aromatic nitrogens is 1. The number of hydrogen-bond acceptors (Lipinski definition) is 5. The van der Waals surface area contributed by atoms with E-state index in [2.05, 4.69) is 0 Å². The quantitative estimate of drug-likeness (QED) is 0.391.